The molecule has 0 saturated heterocycles. The molecule has 2 atom stereocenters. The van der Waals surface area contributed by atoms with Crippen molar-refractivity contribution < 1.29 is 19.4 Å². The second-order valence-corrected chi connectivity index (χ2v) is 7.16. The lowest BCUT2D eigenvalue weighted by Gasteiger charge is -2.13. The molecular weight excluding hydrogens is 265 g/mol. The Balaban J connectivity index is 2.20. The van der Waals surface area contributed by atoms with Crippen LogP contribution in [0, 0.1) is 5.92 Å². The number of hydrogen-bond acceptors (Lipinski definition) is 2. The van der Waals surface area contributed by atoms with Crippen LogP contribution in [0.1, 0.15) is 12.5 Å². The number of fused-ring (bicyclic) bond motifs is 1. The summed E-state index contributed by atoms with van der Waals surface area (Å²) in [6.07, 6.45) is 1.50. The maximum Gasteiger partial charge on any atom is 0.306 e. The Bertz CT molecular complexity index is 649. The number of carboxylic acids is 1. The molecule has 0 aliphatic carbocycles. The number of nitrogens with one attached hydrogen (secondary N) is 1. The van der Waals surface area contributed by atoms with Gasteiger partial charge in [0.15, 0.2) is 0 Å². The molecular formula is C13H16NO4P. The summed E-state index contributed by atoms with van der Waals surface area (Å²) in [6.45, 7) is 1.44. The fraction of sp³-hybridized carbons (Fsp3) is 0.308. The number of aliphatic carboxylic acids is 1. The van der Waals surface area contributed by atoms with Crippen molar-refractivity contribution in [2.45, 2.75) is 13.1 Å². The van der Waals surface area contributed by atoms with E-state index >= 15 is 0 Å². The van der Waals surface area contributed by atoms with Crippen LogP contribution in [0.15, 0.2) is 30.5 Å². The number of para-hydroxylation sites is 1. The second-order valence-electron chi connectivity index (χ2n) is 4.79. The third-order valence-electron chi connectivity index (χ3n) is 3.07. The molecule has 0 radical (unpaired) electrons. The highest BCUT2D eigenvalue weighted by Crippen LogP contribution is 2.47. The molecule has 0 fully saturated rings. The van der Waals surface area contributed by atoms with Crippen molar-refractivity contribution in [3.63, 3.8) is 0 Å². The molecule has 102 valence electrons. The van der Waals surface area contributed by atoms with Gasteiger partial charge in [-0.25, -0.2) is 0 Å². The summed E-state index contributed by atoms with van der Waals surface area (Å²) in [4.78, 5) is 23.7. The molecule has 2 unspecified atom stereocenters. The molecule has 19 heavy (non-hydrogen) atoms. The third kappa shape index (κ3) is 3.25. The third-order valence-corrected chi connectivity index (χ3v) is 5.03. The van der Waals surface area contributed by atoms with Gasteiger partial charge in [-0.05, 0) is 11.6 Å². The molecule has 1 aromatic heterocycles. The molecule has 2 rings (SSSR count). The van der Waals surface area contributed by atoms with Crippen LogP contribution >= 0.6 is 7.37 Å². The maximum absolute atomic E-state index is 12.1. The largest absolute Gasteiger partial charge is 0.481 e. The fourth-order valence-electron chi connectivity index (χ4n) is 2.10. The lowest BCUT2D eigenvalue weighted by atomic mass is 10.2. The van der Waals surface area contributed by atoms with Crippen LogP contribution in [0.2, 0.25) is 0 Å². The van der Waals surface area contributed by atoms with Crippen molar-refractivity contribution in [3.8, 4) is 0 Å². The minimum atomic E-state index is -3.50. The minimum Gasteiger partial charge on any atom is -0.481 e. The summed E-state index contributed by atoms with van der Waals surface area (Å²) < 4.78 is 12.1. The van der Waals surface area contributed by atoms with Crippen molar-refractivity contribution in [3.05, 3.63) is 36.0 Å². The number of H-pyrrole nitrogens is 1. The number of benzene rings is 1. The Labute approximate surface area is 110 Å². The van der Waals surface area contributed by atoms with Gasteiger partial charge in [0, 0.05) is 23.3 Å². The van der Waals surface area contributed by atoms with E-state index in [0.29, 0.717) is 0 Å². The normalized spacial score (nSPS) is 16.1. The number of rotatable bonds is 5. The van der Waals surface area contributed by atoms with E-state index in [9.17, 15) is 14.3 Å². The highest BCUT2D eigenvalue weighted by molar-refractivity contribution is 7.57. The van der Waals surface area contributed by atoms with Gasteiger partial charge in [-0.1, -0.05) is 25.1 Å². The molecule has 3 N–H and O–H groups in total. The number of hydrogen-bond donors (Lipinski definition) is 3. The lowest BCUT2D eigenvalue weighted by molar-refractivity contribution is -0.140. The van der Waals surface area contributed by atoms with Crippen molar-refractivity contribution in [1.82, 2.24) is 4.98 Å². The average molecular weight is 281 g/mol. The first-order valence-corrected chi connectivity index (χ1v) is 8.01. The molecule has 2 aromatic rings. The van der Waals surface area contributed by atoms with E-state index in [1.165, 1.54) is 6.92 Å². The van der Waals surface area contributed by atoms with Gasteiger partial charge in [-0.15, -0.1) is 0 Å². The van der Waals surface area contributed by atoms with E-state index in [-0.39, 0.29) is 12.3 Å². The first kappa shape index (κ1) is 13.8. The molecule has 0 amide bonds. The van der Waals surface area contributed by atoms with Gasteiger partial charge < -0.3 is 15.0 Å². The highest BCUT2D eigenvalue weighted by atomic mass is 31.2. The highest BCUT2D eigenvalue weighted by Gasteiger charge is 2.26. The molecule has 1 heterocycles. The van der Waals surface area contributed by atoms with Crippen LogP contribution in [0.3, 0.4) is 0 Å². The zero-order valence-corrected chi connectivity index (χ0v) is 11.4. The average Bonchev–Trinajstić information content (AvgIpc) is 2.71. The summed E-state index contributed by atoms with van der Waals surface area (Å²) >= 11 is 0. The first-order chi connectivity index (χ1) is 8.89. The molecule has 6 heteroatoms. The van der Waals surface area contributed by atoms with E-state index in [1.54, 1.807) is 6.20 Å². The number of aromatic nitrogens is 1. The number of carboxylic acid groups (broad SMARTS) is 1. The van der Waals surface area contributed by atoms with Crippen LogP contribution in [-0.2, 0) is 15.5 Å². The predicted molar refractivity (Wildman–Crippen MR) is 73.5 cm³/mol. The smallest absolute Gasteiger partial charge is 0.306 e. The second kappa shape index (κ2) is 5.19. The molecule has 0 aliphatic heterocycles. The van der Waals surface area contributed by atoms with E-state index in [1.807, 2.05) is 24.3 Å². The SMILES string of the molecule is CC(CP(=O)(O)Cc1c[nH]c2ccccc12)C(=O)O. The monoisotopic (exact) mass is 281 g/mol. The van der Waals surface area contributed by atoms with Gasteiger partial charge in [-0.2, -0.15) is 0 Å². The van der Waals surface area contributed by atoms with Crippen molar-refractivity contribution >= 4 is 24.2 Å². The summed E-state index contributed by atoms with van der Waals surface area (Å²) in [7, 11) is -3.50. The topological polar surface area (TPSA) is 90.4 Å². The molecule has 5 nitrogen and oxygen atoms in total. The van der Waals surface area contributed by atoms with Gasteiger partial charge in [0.25, 0.3) is 0 Å². The Morgan fingerprint density at radius 2 is 2.11 bits per heavy atom. The van der Waals surface area contributed by atoms with Gasteiger partial charge >= 0.3 is 5.97 Å². The van der Waals surface area contributed by atoms with Gasteiger partial charge in [0.1, 0.15) is 0 Å². The zero-order chi connectivity index (χ0) is 14.0. The molecule has 0 bridgehead atoms. The Morgan fingerprint density at radius 1 is 1.42 bits per heavy atom. The van der Waals surface area contributed by atoms with Crippen molar-refractivity contribution in [2.24, 2.45) is 5.92 Å². The predicted octanol–water partition coefficient (Wildman–Crippen LogP) is 2.66. The number of aromatic amines is 1. The van der Waals surface area contributed by atoms with Crippen molar-refractivity contribution in [1.29, 1.82) is 0 Å². The van der Waals surface area contributed by atoms with Gasteiger partial charge in [0.2, 0.25) is 7.37 Å². The van der Waals surface area contributed by atoms with Crippen LogP contribution in [0.4, 0.5) is 0 Å². The van der Waals surface area contributed by atoms with Gasteiger partial charge in [-0.3, -0.25) is 9.36 Å². The van der Waals surface area contributed by atoms with E-state index in [0.717, 1.165) is 16.5 Å². The fourth-order valence-corrected chi connectivity index (χ4v) is 4.03. The molecule has 0 saturated carbocycles. The Hall–Kier alpha value is -1.58. The molecule has 1 aromatic carbocycles. The van der Waals surface area contributed by atoms with Crippen molar-refractivity contribution in [2.75, 3.05) is 6.16 Å². The molecule has 0 aliphatic rings. The van der Waals surface area contributed by atoms with Crippen LogP contribution < -0.4 is 0 Å². The Kier molecular flexibility index (Phi) is 3.78. The number of carbonyl (C=O) groups is 1. The summed E-state index contributed by atoms with van der Waals surface area (Å²) in [6, 6.07) is 7.51. The first-order valence-electron chi connectivity index (χ1n) is 5.98. The minimum absolute atomic E-state index is 0.00532. The van der Waals surface area contributed by atoms with Crippen LogP contribution in [0.25, 0.3) is 10.9 Å². The zero-order valence-electron chi connectivity index (χ0n) is 10.5. The lowest BCUT2D eigenvalue weighted by Crippen LogP contribution is -2.14. The van der Waals surface area contributed by atoms with E-state index in [4.69, 9.17) is 5.11 Å². The van der Waals surface area contributed by atoms with E-state index < -0.39 is 19.3 Å². The Morgan fingerprint density at radius 3 is 2.79 bits per heavy atom. The summed E-state index contributed by atoms with van der Waals surface area (Å²) in [5, 5.41) is 9.71. The maximum atomic E-state index is 12.1. The summed E-state index contributed by atoms with van der Waals surface area (Å²) in [5.41, 5.74) is 1.66. The van der Waals surface area contributed by atoms with Crippen LogP contribution in [-0.4, -0.2) is 27.1 Å². The van der Waals surface area contributed by atoms with Crippen LogP contribution in [0.5, 0.6) is 0 Å². The van der Waals surface area contributed by atoms with E-state index in [2.05, 4.69) is 4.98 Å². The van der Waals surface area contributed by atoms with Gasteiger partial charge in [0.05, 0.1) is 12.1 Å². The quantitative estimate of drug-likeness (QED) is 0.735. The molecule has 0 spiro atoms. The standard InChI is InChI=1S/C13H16NO4P/c1-9(13(15)16)7-19(17,18)8-10-6-14-12-5-3-2-4-11(10)12/h2-6,9,14H,7-8H2,1H3,(H,15,16)(H,17,18). The summed E-state index contributed by atoms with van der Waals surface area (Å²) in [5.74, 6) is -1.87.